The van der Waals surface area contributed by atoms with Crippen LogP contribution in [-0.2, 0) is 4.79 Å². The molecular weight excluding hydrogens is 164 g/mol. The van der Waals surface area contributed by atoms with Crippen LogP contribution in [0.4, 0.5) is 0 Å². The second kappa shape index (κ2) is 3.32. The molecule has 1 N–H and O–H groups in total. The minimum absolute atomic E-state index is 0.309. The van der Waals surface area contributed by atoms with E-state index < -0.39 is 5.97 Å². The summed E-state index contributed by atoms with van der Waals surface area (Å²) in [6, 6.07) is 0. The summed E-state index contributed by atoms with van der Waals surface area (Å²) >= 11 is 0. The number of aliphatic carboxylic acids is 1. The fraction of sp³-hybridized carbons (Fsp3) is 0.909. The quantitative estimate of drug-likeness (QED) is 0.677. The Hall–Kier alpha value is -0.530. The Bertz CT molecular complexity index is 198. The van der Waals surface area contributed by atoms with Gasteiger partial charge in [-0.05, 0) is 31.6 Å². The van der Waals surface area contributed by atoms with E-state index in [4.69, 9.17) is 0 Å². The molecule has 0 aromatic heterocycles. The van der Waals surface area contributed by atoms with Crippen LogP contribution in [0, 0.1) is 11.3 Å². The van der Waals surface area contributed by atoms with E-state index in [1.54, 1.807) is 0 Å². The summed E-state index contributed by atoms with van der Waals surface area (Å²) in [6.45, 7) is 0. The molecule has 2 rings (SSSR count). The molecule has 0 amide bonds. The van der Waals surface area contributed by atoms with Gasteiger partial charge in [-0.3, -0.25) is 4.79 Å². The van der Waals surface area contributed by atoms with Gasteiger partial charge in [0.15, 0.2) is 0 Å². The van der Waals surface area contributed by atoms with Gasteiger partial charge < -0.3 is 5.11 Å². The van der Waals surface area contributed by atoms with Crippen LogP contribution in [0.25, 0.3) is 0 Å². The fourth-order valence-electron chi connectivity index (χ4n) is 3.28. The first-order valence-corrected chi connectivity index (χ1v) is 5.49. The van der Waals surface area contributed by atoms with E-state index >= 15 is 0 Å². The highest BCUT2D eigenvalue weighted by molar-refractivity contribution is 5.75. The molecule has 0 heterocycles. The molecule has 2 aliphatic rings. The molecule has 2 aliphatic carbocycles. The molecule has 0 bridgehead atoms. The van der Waals surface area contributed by atoms with E-state index in [1.807, 2.05) is 0 Å². The molecule has 0 aliphatic heterocycles. The van der Waals surface area contributed by atoms with Crippen LogP contribution in [-0.4, -0.2) is 11.1 Å². The molecule has 0 radical (unpaired) electrons. The Morgan fingerprint density at radius 2 is 1.62 bits per heavy atom. The van der Waals surface area contributed by atoms with Gasteiger partial charge >= 0.3 is 5.97 Å². The van der Waals surface area contributed by atoms with Crippen molar-refractivity contribution in [2.45, 2.75) is 51.4 Å². The third kappa shape index (κ3) is 1.36. The Labute approximate surface area is 79.3 Å². The maximum atomic E-state index is 11.3. The van der Waals surface area contributed by atoms with Crippen molar-refractivity contribution in [3.8, 4) is 0 Å². The molecule has 2 heteroatoms. The summed E-state index contributed by atoms with van der Waals surface area (Å²) in [5.74, 6) is -0.0237. The van der Waals surface area contributed by atoms with Gasteiger partial charge in [-0.2, -0.15) is 0 Å². The predicted molar refractivity (Wildman–Crippen MR) is 50.5 cm³/mol. The van der Waals surface area contributed by atoms with E-state index in [0.717, 1.165) is 38.5 Å². The van der Waals surface area contributed by atoms with Crippen molar-refractivity contribution in [3.05, 3.63) is 0 Å². The largest absolute Gasteiger partial charge is 0.481 e. The van der Waals surface area contributed by atoms with Crippen molar-refractivity contribution in [1.29, 1.82) is 0 Å². The molecule has 0 aromatic carbocycles. The Morgan fingerprint density at radius 3 is 2.00 bits per heavy atom. The molecule has 2 fully saturated rings. The van der Waals surface area contributed by atoms with Crippen LogP contribution in [0.3, 0.4) is 0 Å². The van der Waals surface area contributed by atoms with Gasteiger partial charge in [0, 0.05) is 0 Å². The molecule has 0 saturated heterocycles. The lowest BCUT2D eigenvalue weighted by atomic mass is 9.59. The predicted octanol–water partition coefficient (Wildman–Crippen LogP) is 2.82. The van der Waals surface area contributed by atoms with Crippen molar-refractivity contribution in [1.82, 2.24) is 0 Å². The molecule has 74 valence electrons. The average molecular weight is 182 g/mol. The van der Waals surface area contributed by atoms with Gasteiger partial charge in [-0.25, -0.2) is 0 Å². The number of carboxylic acid groups (broad SMARTS) is 1. The summed E-state index contributed by atoms with van der Waals surface area (Å²) < 4.78 is 0. The normalized spacial score (nSPS) is 39.5. The Kier molecular flexibility index (Phi) is 2.31. The highest BCUT2D eigenvalue weighted by Crippen LogP contribution is 2.50. The van der Waals surface area contributed by atoms with Crippen LogP contribution < -0.4 is 0 Å². The Balaban J connectivity index is 2.21. The number of fused-ring (bicyclic) bond motifs is 1. The van der Waals surface area contributed by atoms with Crippen LogP contribution in [0.2, 0.25) is 0 Å². The smallest absolute Gasteiger partial charge is 0.309 e. The summed E-state index contributed by atoms with van der Waals surface area (Å²) in [4.78, 5) is 11.3. The lowest BCUT2D eigenvalue weighted by molar-refractivity contribution is -0.158. The number of carbonyl (C=O) groups is 1. The number of rotatable bonds is 1. The Morgan fingerprint density at radius 1 is 1.08 bits per heavy atom. The second-order valence-electron chi connectivity index (χ2n) is 4.65. The van der Waals surface area contributed by atoms with Gasteiger partial charge in [-0.15, -0.1) is 0 Å². The zero-order valence-electron chi connectivity index (χ0n) is 8.09. The SMILES string of the molecule is O=C(O)C12CCCCC1CCCC2. The summed E-state index contributed by atoms with van der Waals surface area (Å²) in [5, 5.41) is 9.32. The van der Waals surface area contributed by atoms with E-state index in [9.17, 15) is 9.90 Å². The first-order valence-electron chi connectivity index (χ1n) is 5.49. The van der Waals surface area contributed by atoms with Crippen LogP contribution in [0.5, 0.6) is 0 Å². The topological polar surface area (TPSA) is 37.3 Å². The summed E-state index contributed by atoms with van der Waals surface area (Å²) in [5.41, 5.74) is -0.309. The molecule has 0 unspecified atom stereocenters. The van der Waals surface area contributed by atoms with E-state index in [2.05, 4.69) is 0 Å². The highest BCUT2D eigenvalue weighted by atomic mass is 16.4. The molecular formula is C11H18O2. The van der Waals surface area contributed by atoms with Crippen LogP contribution in [0.1, 0.15) is 51.4 Å². The summed E-state index contributed by atoms with van der Waals surface area (Å²) in [7, 11) is 0. The zero-order chi connectivity index (χ0) is 9.31. The zero-order valence-corrected chi connectivity index (χ0v) is 8.09. The average Bonchev–Trinajstić information content (AvgIpc) is 2.17. The van der Waals surface area contributed by atoms with E-state index in [0.29, 0.717) is 5.92 Å². The minimum atomic E-state index is -0.517. The molecule has 0 atom stereocenters. The van der Waals surface area contributed by atoms with Gasteiger partial charge in [0.2, 0.25) is 0 Å². The maximum Gasteiger partial charge on any atom is 0.309 e. The lowest BCUT2D eigenvalue weighted by Crippen LogP contribution is -2.43. The number of hydrogen-bond acceptors (Lipinski definition) is 1. The molecule has 0 aromatic rings. The number of hydrogen-bond donors (Lipinski definition) is 1. The molecule has 2 nitrogen and oxygen atoms in total. The maximum absolute atomic E-state index is 11.3. The standard InChI is InChI=1S/C11H18O2/c12-10(13)11-7-3-1-5-9(11)6-2-4-8-11/h9H,1-8H2,(H,12,13). The van der Waals surface area contributed by atoms with Crippen molar-refractivity contribution >= 4 is 5.97 Å². The third-order valence-corrected chi connectivity index (χ3v) is 4.06. The lowest BCUT2D eigenvalue weighted by Gasteiger charge is -2.44. The van der Waals surface area contributed by atoms with Gasteiger partial charge in [-0.1, -0.05) is 25.7 Å². The van der Waals surface area contributed by atoms with Gasteiger partial charge in [0.05, 0.1) is 5.41 Å². The molecule has 13 heavy (non-hydrogen) atoms. The van der Waals surface area contributed by atoms with Gasteiger partial charge in [0.1, 0.15) is 0 Å². The van der Waals surface area contributed by atoms with Crippen LogP contribution >= 0.6 is 0 Å². The first-order chi connectivity index (χ1) is 6.26. The number of carboxylic acids is 1. The van der Waals surface area contributed by atoms with Gasteiger partial charge in [0.25, 0.3) is 0 Å². The fourth-order valence-corrected chi connectivity index (χ4v) is 3.28. The van der Waals surface area contributed by atoms with Crippen molar-refractivity contribution in [2.75, 3.05) is 0 Å². The van der Waals surface area contributed by atoms with E-state index in [1.165, 1.54) is 12.8 Å². The first kappa shape index (κ1) is 9.04. The monoisotopic (exact) mass is 182 g/mol. The summed E-state index contributed by atoms with van der Waals surface area (Å²) in [6.07, 6.45) is 8.95. The van der Waals surface area contributed by atoms with Crippen molar-refractivity contribution < 1.29 is 9.90 Å². The minimum Gasteiger partial charge on any atom is -0.481 e. The molecule has 0 spiro atoms. The second-order valence-corrected chi connectivity index (χ2v) is 4.65. The van der Waals surface area contributed by atoms with Crippen molar-refractivity contribution in [3.63, 3.8) is 0 Å². The van der Waals surface area contributed by atoms with Crippen molar-refractivity contribution in [2.24, 2.45) is 11.3 Å². The third-order valence-electron chi connectivity index (χ3n) is 4.06. The highest BCUT2D eigenvalue weighted by Gasteiger charge is 2.47. The van der Waals surface area contributed by atoms with Crippen LogP contribution in [0.15, 0.2) is 0 Å². The molecule has 2 saturated carbocycles. The van der Waals surface area contributed by atoms with E-state index in [-0.39, 0.29) is 5.41 Å².